The maximum Gasteiger partial charge on any atom is 0.343 e. The number of aryl methyl sites for hydroxylation is 1. The fraction of sp³-hybridized carbons (Fsp3) is 0.368. The molecule has 0 saturated heterocycles. The summed E-state index contributed by atoms with van der Waals surface area (Å²) in [4.78, 5) is 24.5. The number of carbonyl (C=O) groups is 2. The minimum absolute atomic E-state index is 0.0567. The Bertz CT molecular complexity index is 796. The number of rotatable bonds is 8. The van der Waals surface area contributed by atoms with E-state index in [1.54, 1.807) is 13.2 Å². The Balaban J connectivity index is 2.06. The average Bonchev–Trinajstić information content (AvgIpc) is 2.88. The predicted molar refractivity (Wildman–Crippen MR) is 96.4 cm³/mol. The molecule has 2 aromatic rings. The van der Waals surface area contributed by atoms with Crippen LogP contribution in [0.5, 0.6) is 0 Å². The molecule has 7 heteroatoms. The number of ether oxygens (including phenoxy) is 2. The third kappa shape index (κ3) is 4.51. The zero-order valence-corrected chi connectivity index (χ0v) is 15.7. The minimum Gasteiger partial charge on any atom is -0.454 e. The molecule has 0 aliphatic heterocycles. The van der Waals surface area contributed by atoms with Crippen molar-refractivity contribution in [1.82, 2.24) is 4.57 Å². The van der Waals surface area contributed by atoms with Crippen molar-refractivity contribution < 1.29 is 23.5 Å². The molecule has 0 unspecified atom stereocenters. The summed E-state index contributed by atoms with van der Waals surface area (Å²) in [7, 11) is 1.64. The summed E-state index contributed by atoms with van der Waals surface area (Å²) in [5, 5.41) is -0.0567. The van der Waals surface area contributed by atoms with Gasteiger partial charge in [-0.2, -0.15) is 0 Å². The van der Waals surface area contributed by atoms with Crippen LogP contribution in [0.25, 0.3) is 0 Å². The van der Waals surface area contributed by atoms with Gasteiger partial charge < -0.3 is 14.0 Å². The molecular weight excluding hydrogens is 361 g/mol. The third-order valence-corrected chi connectivity index (χ3v) is 4.42. The van der Waals surface area contributed by atoms with Gasteiger partial charge in [-0.3, -0.25) is 4.79 Å². The lowest BCUT2D eigenvalue weighted by Gasteiger charge is -2.09. The van der Waals surface area contributed by atoms with Gasteiger partial charge in [0.25, 0.3) is 0 Å². The normalized spacial score (nSPS) is 10.8. The quantitative estimate of drug-likeness (QED) is 0.394. The molecule has 0 N–H and O–H groups in total. The molecule has 0 aliphatic rings. The molecule has 1 aromatic heterocycles. The average molecular weight is 382 g/mol. The molecule has 0 aliphatic carbocycles. The van der Waals surface area contributed by atoms with Crippen LogP contribution in [0.2, 0.25) is 5.02 Å². The van der Waals surface area contributed by atoms with Crippen LogP contribution >= 0.6 is 11.6 Å². The molecule has 2 rings (SSSR count). The molecule has 0 bridgehead atoms. The number of halogens is 2. The van der Waals surface area contributed by atoms with Crippen molar-refractivity contribution in [3.8, 4) is 0 Å². The van der Waals surface area contributed by atoms with Gasteiger partial charge in [0, 0.05) is 37.2 Å². The lowest BCUT2D eigenvalue weighted by atomic mass is 10.1. The summed E-state index contributed by atoms with van der Waals surface area (Å²) in [6.07, 6.45) is 0.821. The zero-order valence-electron chi connectivity index (χ0n) is 15.0. The molecule has 0 radical (unpaired) electrons. The van der Waals surface area contributed by atoms with Gasteiger partial charge >= 0.3 is 5.97 Å². The van der Waals surface area contributed by atoms with Gasteiger partial charge in [0.05, 0.1) is 5.02 Å². The van der Waals surface area contributed by atoms with Crippen molar-refractivity contribution >= 4 is 23.4 Å². The molecule has 1 aromatic carbocycles. The first-order chi connectivity index (χ1) is 12.4. The van der Waals surface area contributed by atoms with Crippen LogP contribution in [-0.4, -0.2) is 36.6 Å². The van der Waals surface area contributed by atoms with E-state index in [4.69, 9.17) is 21.1 Å². The van der Waals surface area contributed by atoms with E-state index >= 15 is 0 Å². The number of carbonyl (C=O) groups excluding carboxylic acids is 2. The Morgan fingerprint density at radius 2 is 2.00 bits per heavy atom. The number of methoxy groups -OCH3 is 1. The summed E-state index contributed by atoms with van der Waals surface area (Å²) < 4.78 is 25.8. The van der Waals surface area contributed by atoms with Gasteiger partial charge in [-0.25, -0.2) is 9.18 Å². The van der Waals surface area contributed by atoms with E-state index in [9.17, 15) is 14.0 Å². The Hall–Kier alpha value is -2.18. The number of esters is 1. The van der Waals surface area contributed by atoms with Crippen LogP contribution in [-0.2, 0) is 16.0 Å². The first-order valence-electron chi connectivity index (χ1n) is 8.16. The topological polar surface area (TPSA) is 57.5 Å². The van der Waals surface area contributed by atoms with Crippen molar-refractivity contribution in [3.05, 3.63) is 57.6 Å². The van der Waals surface area contributed by atoms with Gasteiger partial charge in [-0.05, 0) is 38.5 Å². The first-order valence-corrected chi connectivity index (χ1v) is 8.54. The van der Waals surface area contributed by atoms with Crippen molar-refractivity contribution in [2.24, 2.45) is 0 Å². The van der Waals surface area contributed by atoms with E-state index in [-0.39, 0.29) is 16.4 Å². The van der Waals surface area contributed by atoms with E-state index in [1.165, 1.54) is 12.1 Å². The molecule has 0 atom stereocenters. The predicted octanol–water partition coefficient (Wildman–Crippen LogP) is 3.97. The highest BCUT2D eigenvalue weighted by Gasteiger charge is 2.21. The van der Waals surface area contributed by atoms with Gasteiger partial charge in [0.1, 0.15) is 11.4 Å². The smallest absolute Gasteiger partial charge is 0.343 e. The maximum absolute atomic E-state index is 13.7. The summed E-state index contributed by atoms with van der Waals surface area (Å²) in [5.41, 5.74) is 1.84. The molecule has 0 spiro atoms. The van der Waals surface area contributed by atoms with Gasteiger partial charge in [-0.15, -0.1) is 0 Å². The Kier molecular flexibility index (Phi) is 6.94. The SMILES string of the molecule is COCCCn1c(C)cc(C(=O)COC(=O)c2c(F)cccc2Cl)c1C. The van der Waals surface area contributed by atoms with Gasteiger partial charge in [-0.1, -0.05) is 17.7 Å². The molecule has 0 amide bonds. The number of aromatic nitrogens is 1. The number of hydrogen-bond acceptors (Lipinski definition) is 4. The Morgan fingerprint density at radius 1 is 1.27 bits per heavy atom. The van der Waals surface area contributed by atoms with Crippen LogP contribution in [0.4, 0.5) is 4.39 Å². The summed E-state index contributed by atoms with van der Waals surface area (Å²) in [5.74, 6) is -2.10. The van der Waals surface area contributed by atoms with E-state index in [0.29, 0.717) is 12.2 Å². The fourth-order valence-electron chi connectivity index (χ4n) is 2.77. The molecule has 140 valence electrons. The van der Waals surface area contributed by atoms with Crippen LogP contribution in [0, 0.1) is 19.7 Å². The monoisotopic (exact) mass is 381 g/mol. The second-order valence-electron chi connectivity index (χ2n) is 5.88. The van der Waals surface area contributed by atoms with E-state index in [2.05, 4.69) is 0 Å². The minimum atomic E-state index is -0.963. The lowest BCUT2D eigenvalue weighted by molar-refractivity contribution is 0.0470. The second-order valence-corrected chi connectivity index (χ2v) is 6.29. The van der Waals surface area contributed by atoms with Crippen molar-refractivity contribution in [3.63, 3.8) is 0 Å². The molecule has 5 nitrogen and oxygen atoms in total. The summed E-state index contributed by atoms with van der Waals surface area (Å²) >= 11 is 5.83. The highest BCUT2D eigenvalue weighted by molar-refractivity contribution is 6.33. The van der Waals surface area contributed by atoms with Crippen LogP contribution in [0.3, 0.4) is 0 Å². The number of benzene rings is 1. The van der Waals surface area contributed by atoms with Crippen LogP contribution in [0.15, 0.2) is 24.3 Å². The highest BCUT2D eigenvalue weighted by atomic mass is 35.5. The van der Waals surface area contributed by atoms with Crippen LogP contribution < -0.4 is 0 Å². The second kappa shape index (κ2) is 8.96. The lowest BCUT2D eigenvalue weighted by Crippen LogP contribution is -2.16. The Labute approximate surface area is 156 Å². The number of nitrogens with zero attached hydrogens (tertiary/aromatic N) is 1. The number of hydrogen-bond donors (Lipinski definition) is 0. The largest absolute Gasteiger partial charge is 0.454 e. The van der Waals surface area contributed by atoms with Crippen molar-refractivity contribution in [2.75, 3.05) is 20.3 Å². The molecule has 0 saturated carbocycles. The summed E-state index contributed by atoms with van der Waals surface area (Å²) in [6.45, 7) is 4.61. The van der Waals surface area contributed by atoms with Crippen LogP contribution in [0.1, 0.15) is 38.5 Å². The molecule has 26 heavy (non-hydrogen) atoms. The molecule has 0 fully saturated rings. The zero-order chi connectivity index (χ0) is 19.3. The highest BCUT2D eigenvalue weighted by Crippen LogP contribution is 2.21. The maximum atomic E-state index is 13.7. The van der Waals surface area contributed by atoms with Crippen molar-refractivity contribution in [1.29, 1.82) is 0 Å². The number of ketones is 1. The Morgan fingerprint density at radius 3 is 2.65 bits per heavy atom. The fourth-order valence-corrected chi connectivity index (χ4v) is 3.01. The van der Waals surface area contributed by atoms with E-state index in [1.807, 2.05) is 18.4 Å². The third-order valence-electron chi connectivity index (χ3n) is 4.11. The molecule has 1 heterocycles. The standard InChI is InChI=1S/C19H21ClFNO4/c1-12-10-14(13(2)22(12)8-5-9-25-3)17(23)11-26-19(24)18-15(20)6-4-7-16(18)21/h4,6-7,10H,5,8-9,11H2,1-3H3. The number of Topliss-reactive ketones (excluding diaryl/α,β-unsaturated/α-hetero) is 1. The van der Waals surface area contributed by atoms with Gasteiger partial charge in [0.15, 0.2) is 6.61 Å². The van der Waals surface area contributed by atoms with Gasteiger partial charge in [0.2, 0.25) is 5.78 Å². The van der Waals surface area contributed by atoms with E-state index < -0.39 is 18.4 Å². The van der Waals surface area contributed by atoms with E-state index in [0.717, 1.165) is 30.4 Å². The van der Waals surface area contributed by atoms with Crippen molar-refractivity contribution in [2.45, 2.75) is 26.8 Å². The molecular formula is C19H21ClFNO4. The first kappa shape index (κ1) is 20.1. The summed E-state index contributed by atoms with van der Waals surface area (Å²) in [6, 6.07) is 5.64.